The Morgan fingerprint density at radius 1 is 0.900 bits per heavy atom. The second kappa shape index (κ2) is 11.6. The van der Waals surface area contributed by atoms with Crippen LogP contribution in [-0.2, 0) is 12.8 Å². The topological polar surface area (TPSA) is 33.0 Å². The zero-order chi connectivity index (χ0) is 21.0. The van der Waals surface area contributed by atoms with Gasteiger partial charge in [-0.2, -0.15) is 5.26 Å². The molecule has 3 rings (SSSR count). The van der Waals surface area contributed by atoms with E-state index in [1.165, 1.54) is 11.1 Å². The summed E-state index contributed by atoms with van der Waals surface area (Å²) < 4.78 is 5.91. The van der Waals surface area contributed by atoms with Gasteiger partial charge in [0.05, 0.1) is 18.2 Å². The van der Waals surface area contributed by atoms with Crippen LogP contribution in [0, 0.1) is 17.2 Å². The molecule has 0 saturated heterocycles. The molecule has 0 aliphatic heterocycles. The summed E-state index contributed by atoms with van der Waals surface area (Å²) in [4.78, 5) is 0. The molecule has 3 aromatic carbocycles. The van der Waals surface area contributed by atoms with Gasteiger partial charge in [0, 0.05) is 5.56 Å². The largest absolute Gasteiger partial charge is 0.493 e. The van der Waals surface area contributed by atoms with Crippen LogP contribution in [0.4, 0.5) is 0 Å². The molecule has 0 heterocycles. The van der Waals surface area contributed by atoms with Gasteiger partial charge in [-0.1, -0.05) is 79.7 Å². The van der Waals surface area contributed by atoms with E-state index in [2.05, 4.69) is 79.7 Å². The summed E-state index contributed by atoms with van der Waals surface area (Å²) in [6.07, 6.45) is 8.57. The van der Waals surface area contributed by atoms with E-state index in [0.717, 1.165) is 43.6 Å². The Morgan fingerprint density at radius 2 is 1.63 bits per heavy atom. The van der Waals surface area contributed by atoms with Crippen molar-refractivity contribution < 1.29 is 4.74 Å². The third-order valence-electron chi connectivity index (χ3n) is 5.16. The first-order valence-corrected chi connectivity index (χ1v) is 10.7. The second-order valence-electron chi connectivity index (χ2n) is 7.54. The van der Waals surface area contributed by atoms with E-state index in [9.17, 15) is 0 Å². The average Bonchev–Trinajstić information content (AvgIpc) is 2.81. The molecule has 0 amide bonds. The number of allylic oxidation sites excluding steroid dienone is 1. The van der Waals surface area contributed by atoms with Gasteiger partial charge in [0.25, 0.3) is 0 Å². The molecular weight excluding hydrogens is 366 g/mol. The molecule has 3 aromatic rings. The van der Waals surface area contributed by atoms with E-state index >= 15 is 0 Å². The van der Waals surface area contributed by atoms with Crippen LogP contribution in [0.25, 0.3) is 6.08 Å². The SMILES string of the molecule is CCCOc1ccccc1/C=C/C(CCc1ccc(C#N)cc1)Cc1ccccc1. The van der Waals surface area contributed by atoms with Crippen molar-refractivity contribution in [3.63, 3.8) is 0 Å². The van der Waals surface area contributed by atoms with Gasteiger partial charge in [0.15, 0.2) is 0 Å². The summed E-state index contributed by atoms with van der Waals surface area (Å²) in [5.41, 5.74) is 4.46. The molecule has 0 fully saturated rings. The second-order valence-corrected chi connectivity index (χ2v) is 7.54. The number of ether oxygens (including phenoxy) is 1. The monoisotopic (exact) mass is 395 g/mol. The number of para-hydroxylation sites is 1. The minimum absolute atomic E-state index is 0.419. The molecule has 0 aliphatic carbocycles. The number of nitriles is 1. The summed E-state index contributed by atoms with van der Waals surface area (Å²) in [7, 11) is 0. The summed E-state index contributed by atoms with van der Waals surface area (Å²) in [6, 6.07) is 29.0. The fraction of sp³-hybridized carbons (Fsp3) is 0.250. The van der Waals surface area contributed by atoms with Crippen molar-refractivity contribution in [1.29, 1.82) is 5.26 Å². The molecule has 152 valence electrons. The number of hydrogen-bond donors (Lipinski definition) is 0. The van der Waals surface area contributed by atoms with Gasteiger partial charge < -0.3 is 4.74 Å². The minimum atomic E-state index is 0.419. The minimum Gasteiger partial charge on any atom is -0.493 e. The number of rotatable bonds is 10. The molecule has 1 atom stereocenters. The van der Waals surface area contributed by atoms with E-state index < -0.39 is 0 Å². The van der Waals surface area contributed by atoms with Crippen LogP contribution in [0.5, 0.6) is 5.75 Å². The Labute approximate surface area is 180 Å². The van der Waals surface area contributed by atoms with Crippen LogP contribution in [0.15, 0.2) is 84.9 Å². The normalized spacial score (nSPS) is 11.9. The molecule has 0 N–H and O–H groups in total. The van der Waals surface area contributed by atoms with Crippen molar-refractivity contribution in [3.8, 4) is 11.8 Å². The van der Waals surface area contributed by atoms with Gasteiger partial charge in [-0.05, 0) is 60.9 Å². The summed E-state index contributed by atoms with van der Waals surface area (Å²) in [5.74, 6) is 1.36. The lowest BCUT2D eigenvalue weighted by molar-refractivity contribution is 0.317. The lowest BCUT2D eigenvalue weighted by Crippen LogP contribution is -2.04. The van der Waals surface area contributed by atoms with E-state index in [1.807, 2.05) is 24.3 Å². The zero-order valence-electron chi connectivity index (χ0n) is 17.6. The maximum Gasteiger partial charge on any atom is 0.126 e. The smallest absolute Gasteiger partial charge is 0.126 e. The van der Waals surface area contributed by atoms with E-state index in [0.29, 0.717) is 11.5 Å². The van der Waals surface area contributed by atoms with E-state index in [4.69, 9.17) is 10.00 Å². The van der Waals surface area contributed by atoms with Crippen molar-refractivity contribution in [1.82, 2.24) is 0 Å². The lowest BCUT2D eigenvalue weighted by atomic mass is 9.91. The zero-order valence-corrected chi connectivity index (χ0v) is 17.6. The number of aryl methyl sites for hydroxylation is 1. The van der Waals surface area contributed by atoms with Crippen LogP contribution < -0.4 is 4.74 Å². The molecule has 0 spiro atoms. The third-order valence-corrected chi connectivity index (χ3v) is 5.16. The highest BCUT2D eigenvalue weighted by Crippen LogP contribution is 2.23. The van der Waals surface area contributed by atoms with Crippen molar-refractivity contribution in [2.75, 3.05) is 6.61 Å². The third kappa shape index (κ3) is 6.64. The Balaban J connectivity index is 1.73. The standard InChI is InChI=1S/C28H29NO/c1-2-20-30-28-11-7-6-10-27(28)19-18-25(21-24-8-4-3-5-9-24)15-12-23-13-16-26(22-29)17-14-23/h3-11,13-14,16-19,25H,2,12,15,20-21H2,1H3/b19-18+. The molecular formula is C28H29NO. The van der Waals surface area contributed by atoms with Gasteiger partial charge in [-0.15, -0.1) is 0 Å². The first-order chi connectivity index (χ1) is 14.8. The van der Waals surface area contributed by atoms with Gasteiger partial charge in [-0.25, -0.2) is 0 Å². The molecule has 0 radical (unpaired) electrons. The quantitative estimate of drug-likeness (QED) is 0.376. The first kappa shape index (κ1) is 21.4. The molecule has 2 heteroatoms. The number of benzene rings is 3. The van der Waals surface area contributed by atoms with Gasteiger partial charge in [-0.3, -0.25) is 0 Å². The summed E-state index contributed by atoms with van der Waals surface area (Å²) in [5, 5.41) is 9.00. The Morgan fingerprint density at radius 3 is 2.37 bits per heavy atom. The first-order valence-electron chi connectivity index (χ1n) is 10.7. The fourth-order valence-electron chi connectivity index (χ4n) is 3.48. The Kier molecular flexibility index (Phi) is 8.30. The van der Waals surface area contributed by atoms with Crippen LogP contribution in [0.2, 0.25) is 0 Å². The lowest BCUT2D eigenvalue weighted by Gasteiger charge is -2.14. The maximum absolute atomic E-state index is 9.00. The Hall–Kier alpha value is -3.31. The van der Waals surface area contributed by atoms with Crippen molar-refractivity contribution in [3.05, 3.63) is 107 Å². The number of hydrogen-bond acceptors (Lipinski definition) is 2. The predicted octanol–water partition coefficient (Wildman–Crippen LogP) is 6.85. The molecule has 0 bridgehead atoms. The van der Waals surface area contributed by atoms with Crippen molar-refractivity contribution >= 4 is 6.08 Å². The van der Waals surface area contributed by atoms with Crippen LogP contribution >= 0.6 is 0 Å². The molecule has 0 aliphatic rings. The van der Waals surface area contributed by atoms with Crippen LogP contribution in [0.1, 0.15) is 42.0 Å². The highest BCUT2D eigenvalue weighted by Gasteiger charge is 2.08. The van der Waals surface area contributed by atoms with Crippen LogP contribution in [0.3, 0.4) is 0 Å². The van der Waals surface area contributed by atoms with Gasteiger partial charge in [0.2, 0.25) is 0 Å². The summed E-state index contributed by atoms with van der Waals surface area (Å²) >= 11 is 0. The van der Waals surface area contributed by atoms with Gasteiger partial charge >= 0.3 is 0 Å². The highest BCUT2D eigenvalue weighted by molar-refractivity contribution is 5.57. The average molecular weight is 396 g/mol. The predicted molar refractivity (Wildman–Crippen MR) is 124 cm³/mol. The maximum atomic E-state index is 9.00. The fourth-order valence-corrected chi connectivity index (χ4v) is 3.48. The van der Waals surface area contributed by atoms with Crippen molar-refractivity contribution in [2.24, 2.45) is 5.92 Å². The molecule has 2 nitrogen and oxygen atoms in total. The van der Waals surface area contributed by atoms with Crippen LogP contribution in [-0.4, -0.2) is 6.61 Å². The van der Waals surface area contributed by atoms with Gasteiger partial charge in [0.1, 0.15) is 5.75 Å². The highest BCUT2D eigenvalue weighted by atomic mass is 16.5. The molecule has 30 heavy (non-hydrogen) atoms. The molecule has 0 saturated carbocycles. The molecule has 0 aromatic heterocycles. The molecule has 1 unspecified atom stereocenters. The Bertz CT molecular complexity index is 968. The summed E-state index contributed by atoms with van der Waals surface area (Å²) in [6.45, 7) is 2.86. The van der Waals surface area contributed by atoms with E-state index in [1.54, 1.807) is 0 Å². The number of nitrogens with zero attached hydrogens (tertiary/aromatic N) is 1. The van der Waals surface area contributed by atoms with E-state index in [-0.39, 0.29) is 0 Å². The van der Waals surface area contributed by atoms with Crippen molar-refractivity contribution in [2.45, 2.75) is 32.6 Å².